The van der Waals surface area contributed by atoms with Crippen molar-refractivity contribution in [3.8, 4) is 0 Å². The first-order valence-corrected chi connectivity index (χ1v) is 5.62. The van der Waals surface area contributed by atoms with Crippen LogP contribution in [0.15, 0.2) is 11.1 Å². The highest BCUT2D eigenvalue weighted by molar-refractivity contribution is 5.26. The van der Waals surface area contributed by atoms with E-state index in [-0.39, 0.29) is 0 Å². The molecule has 76 valence electrons. The van der Waals surface area contributed by atoms with Gasteiger partial charge in [-0.05, 0) is 37.5 Å². The first kappa shape index (κ1) is 10.8. The van der Waals surface area contributed by atoms with Crippen LogP contribution in [0.25, 0.3) is 0 Å². The minimum absolute atomic E-state index is 0.531. The van der Waals surface area contributed by atoms with Crippen LogP contribution >= 0.6 is 0 Å². The molecule has 0 radical (unpaired) electrons. The van der Waals surface area contributed by atoms with Crippen molar-refractivity contribution < 1.29 is 0 Å². The summed E-state index contributed by atoms with van der Waals surface area (Å²) in [6.45, 7) is 14.2. The van der Waals surface area contributed by atoms with Gasteiger partial charge in [-0.1, -0.05) is 45.3 Å². The third-order valence-electron chi connectivity index (χ3n) is 4.69. The molecule has 0 aromatic carbocycles. The lowest BCUT2D eigenvalue weighted by Gasteiger charge is -2.35. The van der Waals surface area contributed by atoms with Crippen LogP contribution in [0, 0.1) is 17.3 Å². The van der Waals surface area contributed by atoms with E-state index in [1.807, 2.05) is 0 Å². The Morgan fingerprint density at radius 1 is 1.08 bits per heavy atom. The van der Waals surface area contributed by atoms with Crippen LogP contribution in [0.1, 0.15) is 54.4 Å². The van der Waals surface area contributed by atoms with Gasteiger partial charge in [-0.15, -0.1) is 0 Å². The van der Waals surface area contributed by atoms with E-state index < -0.39 is 0 Å². The Labute approximate surface area is 83.4 Å². The molecule has 0 spiro atoms. The number of allylic oxidation sites excluding steroid dienone is 2. The van der Waals surface area contributed by atoms with Crippen molar-refractivity contribution in [2.45, 2.75) is 54.4 Å². The Morgan fingerprint density at radius 3 is 1.77 bits per heavy atom. The molecule has 0 saturated heterocycles. The SMILES string of the molecule is CCCC1(C)C(C)C(C)=C(C)C1C. The molecular weight excluding hydrogens is 156 g/mol. The minimum atomic E-state index is 0.531. The molecule has 1 rings (SSSR count). The van der Waals surface area contributed by atoms with Crippen LogP contribution in [0.3, 0.4) is 0 Å². The van der Waals surface area contributed by atoms with Gasteiger partial charge >= 0.3 is 0 Å². The van der Waals surface area contributed by atoms with Crippen LogP contribution in [0.2, 0.25) is 0 Å². The summed E-state index contributed by atoms with van der Waals surface area (Å²) in [5.41, 5.74) is 3.81. The third kappa shape index (κ3) is 1.45. The van der Waals surface area contributed by atoms with Crippen molar-refractivity contribution >= 4 is 0 Å². The molecule has 0 nitrogen and oxygen atoms in total. The monoisotopic (exact) mass is 180 g/mol. The topological polar surface area (TPSA) is 0 Å². The van der Waals surface area contributed by atoms with E-state index in [4.69, 9.17) is 0 Å². The van der Waals surface area contributed by atoms with Crippen LogP contribution in [-0.4, -0.2) is 0 Å². The highest BCUT2D eigenvalue weighted by Crippen LogP contribution is 2.52. The Kier molecular flexibility index (Phi) is 2.89. The fraction of sp³-hybridized carbons (Fsp3) is 0.846. The maximum absolute atomic E-state index is 2.46. The second-order valence-electron chi connectivity index (χ2n) is 5.07. The molecule has 0 heterocycles. The smallest absolute Gasteiger partial charge is 0.0172 e. The molecule has 0 aromatic heterocycles. The van der Waals surface area contributed by atoms with Crippen molar-refractivity contribution in [3.05, 3.63) is 11.1 Å². The van der Waals surface area contributed by atoms with Gasteiger partial charge in [-0.3, -0.25) is 0 Å². The van der Waals surface area contributed by atoms with E-state index in [0.717, 1.165) is 11.8 Å². The van der Waals surface area contributed by atoms with E-state index in [2.05, 4.69) is 41.5 Å². The summed E-state index contributed by atoms with van der Waals surface area (Å²) in [5.74, 6) is 1.56. The van der Waals surface area contributed by atoms with Gasteiger partial charge < -0.3 is 0 Å². The second-order valence-corrected chi connectivity index (χ2v) is 5.07. The maximum atomic E-state index is 2.46. The zero-order chi connectivity index (χ0) is 10.2. The summed E-state index contributed by atoms with van der Waals surface area (Å²) >= 11 is 0. The summed E-state index contributed by atoms with van der Waals surface area (Å²) in [4.78, 5) is 0. The van der Waals surface area contributed by atoms with E-state index >= 15 is 0 Å². The predicted molar refractivity (Wildman–Crippen MR) is 59.7 cm³/mol. The lowest BCUT2D eigenvalue weighted by atomic mass is 9.69. The molecule has 0 fully saturated rings. The standard InChI is InChI=1S/C13H24/c1-7-8-13(6)11(4)9(2)10(3)12(13)5/h11-12H,7-8H2,1-6H3. The van der Waals surface area contributed by atoms with Crippen molar-refractivity contribution in [1.29, 1.82) is 0 Å². The van der Waals surface area contributed by atoms with Gasteiger partial charge in [-0.25, -0.2) is 0 Å². The molecule has 0 bridgehead atoms. The molecule has 1 aliphatic rings. The Morgan fingerprint density at radius 2 is 1.46 bits per heavy atom. The largest absolute Gasteiger partial charge is 0.0707 e. The Balaban J connectivity index is 2.94. The molecule has 0 aliphatic heterocycles. The molecule has 2 unspecified atom stereocenters. The zero-order valence-corrected chi connectivity index (χ0v) is 10.1. The molecule has 0 heteroatoms. The van der Waals surface area contributed by atoms with E-state index in [9.17, 15) is 0 Å². The van der Waals surface area contributed by atoms with Gasteiger partial charge in [0.05, 0.1) is 0 Å². The van der Waals surface area contributed by atoms with E-state index in [1.54, 1.807) is 11.1 Å². The molecule has 13 heavy (non-hydrogen) atoms. The summed E-state index contributed by atoms with van der Waals surface area (Å²) in [6.07, 6.45) is 2.68. The van der Waals surface area contributed by atoms with Gasteiger partial charge in [-0.2, -0.15) is 0 Å². The predicted octanol–water partition coefficient (Wildman–Crippen LogP) is 4.42. The average Bonchev–Trinajstić information content (AvgIpc) is 2.23. The van der Waals surface area contributed by atoms with Crippen molar-refractivity contribution in [3.63, 3.8) is 0 Å². The summed E-state index contributed by atoms with van der Waals surface area (Å²) < 4.78 is 0. The third-order valence-corrected chi connectivity index (χ3v) is 4.69. The number of hydrogen-bond donors (Lipinski definition) is 0. The average molecular weight is 180 g/mol. The van der Waals surface area contributed by atoms with E-state index in [1.165, 1.54) is 12.8 Å². The molecular formula is C13H24. The quantitative estimate of drug-likeness (QED) is 0.552. The number of hydrogen-bond acceptors (Lipinski definition) is 0. The summed E-state index contributed by atoms with van der Waals surface area (Å²) in [7, 11) is 0. The first-order valence-electron chi connectivity index (χ1n) is 5.62. The molecule has 0 saturated carbocycles. The van der Waals surface area contributed by atoms with Crippen LogP contribution in [-0.2, 0) is 0 Å². The van der Waals surface area contributed by atoms with Gasteiger partial charge in [0.25, 0.3) is 0 Å². The lowest BCUT2D eigenvalue weighted by Crippen LogP contribution is -2.27. The van der Waals surface area contributed by atoms with Gasteiger partial charge in [0.1, 0.15) is 0 Å². The molecule has 0 amide bonds. The van der Waals surface area contributed by atoms with Crippen molar-refractivity contribution in [2.24, 2.45) is 17.3 Å². The first-order chi connectivity index (χ1) is 5.95. The maximum Gasteiger partial charge on any atom is -0.0172 e. The number of rotatable bonds is 2. The zero-order valence-electron chi connectivity index (χ0n) is 10.1. The second kappa shape index (κ2) is 3.48. The molecule has 1 aliphatic carbocycles. The normalized spacial score (nSPS) is 40.2. The van der Waals surface area contributed by atoms with Crippen molar-refractivity contribution in [2.75, 3.05) is 0 Å². The van der Waals surface area contributed by atoms with Crippen molar-refractivity contribution in [1.82, 2.24) is 0 Å². The molecule has 2 atom stereocenters. The van der Waals surface area contributed by atoms with Gasteiger partial charge in [0.2, 0.25) is 0 Å². The van der Waals surface area contributed by atoms with E-state index in [0.29, 0.717) is 5.41 Å². The van der Waals surface area contributed by atoms with Crippen LogP contribution in [0.5, 0.6) is 0 Å². The summed E-state index contributed by atoms with van der Waals surface area (Å²) in [6, 6.07) is 0. The van der Waals surface area contributed by atoms with Gasteiger partial charge in [0.15, 0.2) is 0 Å². The molecule has 0 N–H and O–H groups in total. The highest BCUT2D eigenvalue weighted by Gasteiger charge is 2.43. The highest BCUT2D eigenvalue weighted by atomic mass is 14.5. The Bertz CT molecular complexity index is 204. The summed E-state index contributed by atoms with van der Waals surface area (Å²) in [5, 5.41) is 0. The fourth-order valence-corrected chi connectivity index (χ4v) is 3.02. The lowest BCUT2D eigenvalue weighted by molar-refractivity contribution is 0.170. The van der Waals surface area contributed by atoms with Crippen LogP contribution in [0.4, 0.5) is 0 Å². The minimum Gasteiger partial charge on any atom is -0.0707 e. The van der Waals surface area contributed by atoms with Crippen LogP contribution < -0.4 is 0 Å². The molecule has 0 aromatic rings. The van der Waals surface area contributed by atoms with Gasteiger partial charge in [0, 0.05) is 0 Å². The fourth-order valence-electron chi connectivity index (χ4n) is 3.02. The Hall–Kier alpha value is -0.260.